The number of halogens is 1. The van der Waals surface area contributed by atoms with Crippen molar-refractivity contribution in [2.75, 3.05) is 4.72 Å². The Hall–Kier alpha value is -1.92. The summed E-state index contributed by atoms with van der Waals surface area (Å²) in [6.45, 7) is 1.81. The van der Waals surface area contributed by atoms with Crippen molar-refractivity contribution in [1.82, 2.24) is 0 Å². The van der Waals surface area contributed by atoms with Gasteiger partial charge in [-0.2, -0.15) is 0 Å². The highest BCUT2D eigenvalue weighted by Gasteiger charge is 2.14. The van der Waals surface area contributed by atoms with E-state index in [-0.39, 0.29) is 10.9 Å². The van der Waals surface area contributed by atoms with Gasteiger partial charge >= 0.3 is 0 Å². The first-order valence-electron chi connectivity index (χ1n) is 6.02. The van der Waals surface area contributed by atoms with Gasteiger partial charge in [0.25, 0.3) is 10.0 Å². The molecule has 0 aliphatic rings. The lowest BCUT2D eigenvalue weighted by atomic mass is 10.1. The first-order valence-corrected chi connectivity index (χ1v) is 7.51. The van der Waals surface area contributed by atoms with Gasteiger partial charge in [-0.15, -0.1) is 0 Å². The smallest absolute Gasteiger partial charge is 0.261 e. The largest absolute Gasteiger partial charge is 0.324 e. The van der Waals surface area contributed by atoms with E-state index in [0.29, 0.717) is 5.69 Å². The van der Waals surface area contributed by atoms with Gasteiger partial charge in [-0.3, -0.25) is 4.72 Å². The number of rotatable bonds is 4. The second-order valence-electron chi connectivity index (χ2n) is 4.47. The zero-order valence-electron chi connectivity index (χ0n) is 10.9. The molecule has 1 atom stereocenters. The fourth-order valence-electron chi connectivity index (χ4n) is 1.71. The van der Waals surface area contributed by atoms with Crippen molar-refractivity contribution in [2.45, 2.75) is 17.9 Å². The molecule has 0 radical (unpaired) electrons. The van der Waals surface area contributed by atoms with Crippen LogP contribution in [-0.4, -0.2) is 8.42 Å². The van der Waals surface area contributed by atoms with Crippen molar-refractivity contribution in [2.24, 2.45) is 5.73 Å². The molecular weight excluding hydrogens is 279 g/mol. The molecule has 4 nitrogen and oxygen atoms in total. The third-order valence-electron chi connectivity index (χ3n) is 2.79. The first kappa shape index (κ1) is 14.5. The van der Waals surface area contributed by atoms with Crippen LogP contribution in [0.2, 0.25) is 0 Å². The molecule has 0 bridgehead atoms. The molecule has 0 aromatic heterocycles. The Morgan fingerprint density at radius 3 is 2.40 bits per heavy atom. The maximum Gasteiger partial charge on any atom is 0.261 e. The standard InChI is InChI=1S/C14H15FN2O2S/c1-10(16)11-3-2-4-13(9-11)17-20(18,19)14-7-5-12(15)6-8-14/h2-10,17H,16H2,1H3. The van der Waals surface area contributed by atoms with Crippen LogP contribution in [0.3, 0.4) is 0 Å². The van der Waals surface area contributed by atoms with E-state index in [4.69, 9.17) is 5.73 Å². The quantitative estimate of drug-likeness (QED) is 0.910. The molecule has 0 saturated carbocycles. The molecule has 0 aliphatic carbocycles. The summed E-state index contributed by atoms with van der Waals surface area (Å²) < 4.78 is 39.5. The molecule has 0 saturated heterocycles. The van der Waals surface area contributed by atoms with Crippen LogP contribution in [-0.2, 0) is 10.0 Å². The van der Waals surface area contributed by atoms with E-state index in [0.717, 1.165) is 17.7 Å². The van der Waals surface area contributed by atoms with Crippen LogP contribution in [0.5, 0.6) is 0 Å². The number of benzene rings is 2. The molecule has 0 spiro atoms. The van der Waals surface area contributed by atoms with E-state index in [1.165, 1.54) is 12.1 Å². The molecule has 0 amide bonds. The van der Waals surface area contributed by atoms with Crippen molar-refractivity contribution >= 4 is 15.7 Å². The van der Waals surface area contributed by atoms with Gasteiger partial charge in [0.1, 0.15) is 5.82 Å². The van der Waals surface area contributed by atoms with E-state index >= 15 is 0 Å². The zero-order valence-corrected chi connectivity index (χ0v) is 11.7. The Morgan fingerprint density at radius 2 is 1.80 bits per heavy atom. The monoisotopic (exact) mass is 294 g/mol. The van der Waals surface area contributed by atoms with Crippen molar-refractivity contribution in [1.29, 1.82) is 0 Å². The van der Waals surface area contributed by atoms with E-state index in [9.17, 15) is 12.8 Å². The van der Waals surface area contributed by atoms with Crippen LogP contribution in [0, 0.1) is 5.82 Å². The molecule has 106 valence electrons. The number of hydrogen-bond donors (Lipinski definition) is 2. The summed E-state index contributed by atoms with van der Waals surface area (Å²) in [5, 5.41) is 0. The average molecular weight is 294 g/mol. The molecular formula is C14H15FN2O2S. The van der Waals surface area contributed by atoms with Gasteiger partial charge in [-0.1, -0.05) is 12.1 Å². The maximum absolute atomic E-state index is 12.8. The van der Waals surface area contributed by atoms with Gasteiger partial charge in [-0.05, 0) is 48.9 Å². The Bertz CT molecular complexity index is 697. The fourth-order valence-corrected chi connectivity index (χ4v) is 2.76. The van der Waals surface area contributed by atoms with Crippen molar-refractivity contribution in [3.63, 3.8) is 0 Å². The Labute approximate surface area is 117 Å². The minimum absolute atomic E-state index is 0.00472. The van der Waals surface area contributed by atoms with Gasteiger partial charge in [0.2, 0.25) is 0 Å². The average Bonchev–Trinajstić information content (AvgIpc) is 2.39. The second kappa shape index (κ2) is 5.60. The van der Waals surface area contributed by atoms with E-state index in [1.807, 2.05) is 13.0 Å². The molecule has 6 heteroatoms. The second-order valence-corrected chi connectivity index (χ2v) is 6.16. The molecule has 1 unspecified atom stereocenters. The van der Waals surface area contributed by atoms with Crippen LogP contribution in [0.25, 0.3) is 0 Å². The van der Waals surface area contributed by atoms with Crippen LogP contribution in [0.4, 0.5) is 10.1 Å². The van der Waals surface area contributed by atoms with Gasteiger partial charge in [-0.25, -0.2) is 12.8 Å². The van der Waals surface area contributed by atoms with Crippen LogP contribution in [0.1, 0.15) is 18.5 Å². The van der Waals surface area contributed by atoms with Gasteiger partial charge in [0.05, 0.1) is 4.90 Å². The third kappa shape index (κ3) is 3.34. The van der Waals surface area contributed by atoms with Crippen LogP contribution >= 0.6 is 0 Å². The lowest BCUT2D eigenvalue weighted by Gasteiger charge is -2.11. The zero-order chi connectivity index (χ0) is 14.8. The molecule has 0 heterocycles. The van der Waals surface area contributed by atoms with Gasteiger partial charge in [0, 0.05) is 11.7 Å². The molecule has 20 heavy (non-hydrogen) atoms. The van der Waals surface area contributed by atoms with Crippen LogP contribution in [0.15, 0.2) is 53.4 Å². The normalized spacial score (nSPS) is 12.9. The summed E-state index contributed by atoms with van der Waals surface area (Å²) >= 11 is 0. The molecule has 3 N–H and O–H groups in total. The summed E-state index contributed by atoms with van der Waals surface area (Å²) in [7, 11) is -3.73. The topological polar surface area (TPSA) is 72.2 Å². The molecule has 2 aromatic rings. The summed E-state index contributed by atoms with van der Waals surface area (Å²) in [4.78, 5) is 0.00472. The minimum atomic E-state index is -3.73. The van der Waals surface area contributed by atoms with Gasteiger partial charge < -0.3 is 5.73 Å². The lowest BCUT2D eigenvalue weighted by Crippen LogP contribution is -2.13. The van der Waals surface area contributed by atoms with E-state index in [1.54, 1.807) is 18.2 Å². The summed E-state index contributed by atoms with van der Waals surface area (Å²) in [6.07, 6.45) is 0. The maximum atomic E-state index is 12.8. The number of sulfonamides is 1. The fraction of sp³-hybridized carbons (Fsp3) is 0.143. The van der Waals surface area contributed by atoms with Crippen molar-refractivity contribution in [3.8, 4) is 0 Å². The summed E-state index contributed by atoms with van der Waals surface area (Å²) in [6, 6.07) is 11.3. The number of hydrogen-bond acceptors (Lipinski definition) is 3. The number of nitrogens with one attached hydrogen (secondary N) is 1. The SMILES string of the molecule is CC(N)c1cccc(NS(=O)(=O)c2ccc(F)cc2)c1. The highest BCUT2D eigenvalue weighted by atomic mass is 32.2. The van der Waals surface area contributed by atoms with Crippen molar-refractivity contribution in [3.05, 3.63) is 59.9 Å². The Morgan fingerprint density at radius 1 is 1.15 bits per heavy atom. The molecule has 2 rings (SSSR count). The first-order chi connectivity index (χ1) is 9.38. The predicted molar refractivity (Wildman–Crippen MR) is 76.3 cm³/mol. The molecule has 2 aromatic carbocycles. The van der Waals surface area contributed by atoms with Crippen LogP contribution < -0.4 is 10.5 Å². The number of nitrogens with two attached hydrogens (primary N) is 1. The van der Waals surface area contributed by atoms with Gasteiger partial charge in [0.15, 0.2) is 0 Å². The Balaban J connectivity index is 2.28. The lowest BCUT2D eigenvalue weighted by molar-refractivity contribution is 0.599. The highest BCUT2D eigenvalue weighted by molar-refractivity contribution is 7.92. The van der Waals surface area contributed by atoms with E-state index < -0.39 is 15.8 Å². The minimum Gasteiger partial charge on any atom is -0.324 e. The van der Waals surface area contributed by atoms with Crippen molar-refractivity contribution < 1.29 is 12.8 Å². The summed E-state index contributed by atoms with van der Waals surface area (Å²) in [5.74, 6) is -0.483. The molecule has 0 aliphatic heterocycles. The number of anilines is 1. The Kier molecular flexibility index (Phi) is 4.06. The predicted octanol–water partition coefficient (Wildman–Crippen LogP) is 2.65. The summed E-state index contributed by atoms with van der Waals surface area (Å²) in [5.41, 5.74) is 7.00. The third-order valence-corrected chi connectivity index (χ3v) is 4.19. The highest BCUT2D eigenvalue weighted by Crippen LogP contribution is 2.19. The van der Waals surface area contributed by atoms with E-state index in [2.05, 4.69) is 4.72 Å². The molecule has 0 fully saturated rings.